The Morgan fingerprint density at radius 3 is 2.57 bits per heavy atom. The molecule has 6 nitrogen and oxygen atoms in total. The van der Waals surface area contributed by atoms with Gasteiger partial charge in [-0.3, -0.25) is 0 Å². The summed E-state index contributed by atoms with van der Waals surface area (Å²) in [5, 5.41) is 13.7. The summed E-state index contributed by atoms with van der Waals surface area (Å²) in [5.41, 5.74) is 0.792. The number of hydrogen-bond acceptors (Lipinski definition) is 6. The highest BCUT2D eigenvalue weighted by atomic mass is 32.2. The van der Waals surface area contributed by atoms with Gasteiger partial charge in [0.15, 0.2) is 11.5 Å². The molecule has 0 spiro atoms. The lowest BCUT2D eigenvalue weighted by molar-refractivity contribution is 0.169. The molecule has 2 rings (SSSR count). The van der Waals surface area contributed by atoms with Gasteiger partial charge in [0.2, 0.25) is 10.0 Å². The van der Waals surface area contributed by atoms with E-state index in [1.807, 2.05) is 16.8 Å². The van der Waals surface area contributed by atoms with Gasteiger partial charge in [-0.15, -0.1) is 0 Å². The van der Waals surface area contributed by atoms with Crippen molar-refractivity contribution in [2.75, 3.05) is 20.8 Å². The Morgan fingerprint density at radius 2 is 1.96 bits per heavy atom. The molecule has 0 saturated carbocycles. The predicted octanol–water partition coefficient (Wildman–Crippen LogP) is 2.17. The molecule has 1 aromatic carbocycles. The highest BCUT2D eigenvalue weighted by molar-refractivity contribution is 7.89. The van der Waals surface area contributed by atoms with E-state index in [-0.39, 0.29) is 11.4 Å². The molecular weight excluding hydrogens is 338 g/mol. The number of aliphatic hydroxyl groups excluding tert-OH is 1. The third-order valence-corrected chi connectivity index (χ3v) is 5.46. The Balaban J connectivity index is 2.01. The number of ether oxygens (including phenoxy) is 2. The van der Waals surface area contributed by atoms with Gasteiger partial charge in [0.05, 0.1) is 25.2 Å². The summed E-state index contributed by atoms with van der Waals surface area (Å²) in [6, 6.07) is 6.20. The van der Waals surface area contributed by atoms with Gasteiger partial charge >= 0.3 is 0 Å². The molecule has 0 fully saturated rings. The van der Waals surface area contributed by atoms with Crippen LogP contribution >= 0.6 is 11.3 Å². The van der Waals surface area contributed by atoms with E-state index in [9.17, 15) is 13.5 Å². The third-order valence-electron chi connectivity index (χ3n) is 3.30. The van der Waals surface area contributed by atoms with Gasteiger partial charge in [-0.25, -0.2) is 13.1 Å². The van der Waals surface area contributed by atoms with Crippen molar-refractivity contribution in [3.05, 3.63) is 40.6 Å². The van der Waals surface area contributed by atoms with Crippen molar-refractivity contribution in [1.29, 1.82) is 0 Å². The number of nitrogens with one attached hydrogen (secondary N) is 1. The largest absolute Gasteiger partial charge is 0.493 e. The Bertz CT molecular complexity index is 728. The fourth-order valence-electron chi connectivity index (χ4n) is 2.03. The third kappa shape index (κ3) is 4.44. The summed E-state index contributed by atoms with van der Waals surface area (Å²) in [6.07, 6.45) is -0.391. The molecule has 126 valence electrons. The quantitative estimate of drug-likeness (QED) is 0.756. The van der Waals surface area contributed by atoms with Gasteiger partial charge in [0.1, 0.15) is 0 Å². The first-order valence-corrected chi connectivity index (χ1v) is 9.32. The number of aliphatic hydroxyl groups is 1. The maximum atomic E-state index is 12.3. The highest BCUT2D eigenvalue weighted by Crippen LogP contribution is 2.29. The topological polar surface area (TPSA) is 84.9 Å². The molecular formula is C15H19NO5S2. The van der Waals surface area contributed by atoms with Crippen molar-refractivity contribution < 1.29 is 23.0 Å². The molecule has 2 aromatic rings. The summed E-state index contributed by atoms with van der Waals surface area (Å²) in [5.74, 6) is 0.799. The molecule has 1 heterocycles. The normalized spacial score (nSPS) is 12.8. The number of thiophene rings is 1. The molecule has 1 aromatic heterocycles. The lowest BCUT2D eigenvalue weighted by Gasteiger charge is -2.12. The number of sulfonamides is 1. The van der Waals surface area contributed by atoms with Crippen molar-refractivity contribution in [2.24, 2.45) is 0 Å². The molecule has 0 saturated heterocycles. The van der Waals surface area contributed by atoms with Crippen LogP contribution in [0.5, 0.6) is 11.5 Å². The van der Waals surface area contributed by atoms with Crippen LogP contribution in [0.3, 0.4) is 0 Å². The SMILES string of the molecule is COc1ccc(S(=O)(=O)NCCC(O)c2ccsc2)cc1OC. The first-order valence-electron chi connectivity index (χ1n) is 6.90. The van der Waals surface area contributed by atoms with Crippen LogP contribution in [0.25, 0.3) is 0 Å². The van der Waals surface area contributed by atoms with E-state index in [0.29, 0.717) is 17.9 Å². The van der Waals surface area contributed by atoms with E-state index in [2.05, 4.69) is 4.72 Å². The molecule has 0 radical (unpaired) electrons. The molecule has 0 amide bonds. The summed E-state index contributed by atoms with van der Waals surface area (Å²) in [6.45, 7) is 0.133. The zero-order valence-corrected chi connectivity index (χ0v) is 14.5. The molecule has 1 unspecified atom stereocenters. The van der Waals surface area contributed by atoms with Crippen molar-refractivity contribution in [1.82, 2.24) is 4.72 Å². The lowest BCUT2D eigenvalue weighted by atomic mass is 10.1. The van der Waals surface area contributed by atoms with Crippen LogP contribution in [-0.2, 0) is 10.0 Å². The summed E-state index contributed by atoms with van der Waals surface area (Å²) in [7, 11) is -0.751. The van der Waals surface area contributed by atoms with E-state index in [1.54, 1.807) is 0 Å². The number of rotatable bonds is 8. The molecule has 8 heteroatoms. The first kappa shape index (κ1) is 17.7. The molecule has 0 aliphatic carbocycles. The average Bonchev–Trinajstić information content (AvgIpc) is 3.08. The molecule has 0 aliphatic rings. The second-order valence-corrected chi connectivity index (χ2v) is 7.32. The van der Waals surface area contributed by atoms with E-state index in [4.69, 9.17) is 9.47 Å². The van der Waals surface area contributed by atoms with Crippen LogP contribution in [0.4, 0.5) is 0 Å². The minimum absolute atomic E-state index is 0.0835. The van der Waals surface area contributed by atoms with Gasteiger partial charge in [-0.1, -0.05) is 0 Å². The van der Waals surface area contributed by atoms with Crippen molar-refractivity contribution >= 4 is 21.4 Å². The number of methoxy groups -OCH3 is 2. The van der Waals surface area contributed by atoms with Crippen LogP contribution in [0, 0.1) is 0 Å². The van der Waals surface area contributed by atoms with Crippen LogP contribution in [0.2, 0.25) is 0 Å². The Morgan fingerprint density at radius 1 is 1.22 bits per heavy atom. The Hall–Kier alpha value is -1.61. The van der Waals surface area contributed by atoms with Crippen molar-refractivity contribution in [2.45, 2.75) is 17.4 Å². The minimum atomic E-state index is -3.68. The molecule has 0 aliphatic heterocycles. The zero-order chi connectivity index (χ0) is 16.9. The average molecular weight is 357 g/mol. The Kier molecular flexibility index (Phi) is 6.00. The molecule has 23 heavy (non-hydrogen) atoms. The van der Waals surface area contributed by atoms with Gasteiger partial charge in [0, 0.05) is 12.6 Å². The van der Waals surface area contributed by atoms with Crippen LogP contribution < -0.4 is 14.2 Å². The summed E-state index contributed by atoms with van der Waals surface area (Å²) >= 11 is 1.49. The van der Waals surface area contributed by atoms with E-state index < -0.39 is 16.1 Å². The monoisotopic (exact) mass is 357 g/mol. The van der Waals surface area contributed by atoms with E-state index in [0.717, 1.165) is 5.56 Å². The van der Waals surface area contributed by atoms with Gasteiger partial charge in [-0.05, 0) is 40.9 Å². The molecule has 2 N–H and O–H groups in total. The number of hydrogen-bond donors (Lipinski definition) is 2. The van der Waals surface area contributed by atoms with Crippen molar-refractivity contribution in [3.8, 4) is 11.5 Å². The van der Waals surface area contributed by atoms with E-state index in [1.165, 1.54) is 43.8 Å². The van der Waals surface area contributed by atoms with E-state index >= 15 is 0 Å². The zero-order valence-electron chi connectivity index (χ0n) is 12.9. The van der Waals surface area contributed by atoms with Gasteiger partial charge < -0.3 is 14.6 Å². The van der Waals surface area contributed by atoms with Crippen LogP contribution in [0.1, 0.15) is 18.1 Å². The minimum Gasteiger partial charge on any atom is -0.493 e. The summed E-state index contributed by atoms with van der Waals surface area (Å²) in [4.78, 5) is 0.0835. The fourth-order valence-corrected chi connectivity index (χ4v) is 3.80. The maximum absolute atomic E-state index is 12.3. The standard InChI is InChI=1S/C15H19NO5S2/c1-20-14-4-3-12(9-15(14)21-2)23(18,19)16-7-5-13(17)11-6-8-22-10-11/h3-4,6,8-10,13,16-17H,5,7H2,1-2H3. The Labute approximate surface area is 139 Å². The molecule has 0 bridgehead atoms. The van der Waals surface area contributed by atoms with Gasteiger partial charge in [-0.2, -0.15) is 11.3 Å². The number of benzene rings is 1. The highest BCUT2D eigenvalue weighted by Gasteiger charge is 2.17. The van der Waals surface area contributed by atoms with Crippen LogP contribution in [-0.4, -0.2) is 34.3 Å². The van der Waals surface area contributed by atoms with Crippen molar-refractivity contribution in [3.63, 3.8) is 0 Å². The smallest absolute Gasteiger partial charge is 0.240 e. The van der Waals surface area contributed by atoms with Gasteiger partial charge in [0.25, 0.3) is 0 Å². The fraction of sp³-hybridized carbons (Fsp3) is 0.333. The van der Waals surface area contributed by atoms with Crippen LogP contribution in [0.15, 0.2) is 39.9 Å². The first-order chi connectivity index (χ1) is 11.0. The maximum Gasteiger partial charge on any atom is 0.240 e. The second-order valence-electron chi connectivity index (χ2n) is 4.78. The lowest BCUT2D eigenvalue weighted by Crippen LogP contribution is -2.26. The second kappa shape index (κ2) is 7.78. The molecule has 1 atom stereocenters. The predicted molar refractivity (Wildman–Crippen MR) is 88.6 cm³/mol. The summed E-state index contributed by atoms with van der Waals surface area (Å²) < 4.78 is 37.2.